The van der Waals surface area contributed by atoms with E-state index in [4.69, 9.17) is 0 Å². The summed E-state index contributed by atoms with van der Waals surface area (Å²) < 4.78 is 1.44. The van der Waals surface area contributed by atoms with E-state index in [0.717, 1.165) is 16.8 Å². The van der Waals surface area contributed by atoms with Crippen LogP contribution in [0.3, 0.4) is 0 Å². The molecule has 0 fully saturated rings. The van der Waals surface area contributed by atoms with E-state index in [0.29, 0.717) is 11.3 Å². The molecule has 138 valence electrons. The van der Waals surface area contributed by atoms with Crippen LogP contribution in [0.2, 0.25) is 0 Å². The number of nitrogens with one attached hydrogen (secondary N) is 2. The second-order valence-electron chi connectivity index (χ2n) is 6.28. The lowest BCUT2D eigenvalue weighted by Gasteiger charge is -2.05. The fourth-order valence-electron chi connectivity index (χ4n) is 2.64. The van der Waals surface area contributed by atoms with Gasteiger partial charge in [0, 0.05) is 5.69 Å². The molecule has 0 unspecified atom stereocenters. The van der Waals surface area contributed by atoms with Crippen LogP contribution in [0.1, 0.15) is 32.7 Å². The number of hydrogen-bond acceptors (Lipinski definition) is 4. The quantitative estimate of drug-likeness (QED) is 0.490. The van der Waals surface area contributed by atoms with Crippen LogP contribution in [0.4, 0.5) is 0 Å². The van der Waals surface area contributed by atoms with Gasteiger partial charge in [-0.3, -0.25) is 14.7 Å². The maximum atomic E-state index is 12.7. The molecular formula is C20H20N4O3. The van der Waals surface area contributed by atoms with Crippen molar-refractivity contribution >= 4 is 12.1 Å². The van der Waals surface area contributed by atoms with E-state index in [9.17, 15) is 14.7 Å². The standard InChI is InChI=1S/C20H20N4O3/c1-12-8-9-15(10-13(12)2)24-20(27)17(14(3)23-24)11-21-22-19(26)16-6-4-5-7-18(16)25/h4-11,23,25H,1-3H3,(H,22,26). The zero-order valence-corrected chi connectivity index (χ0v) is 15.3. The third-order valence-corrected chi connectivity index (χ3v) is 4.37. The van der Waals surface area contributed by atoms with Crippen LogP contribution in [-0.4, -0.2) is 27.0 Å². The van der Waals surface area contributed by atoms with E-state index >= 15 is 0 Å². The summed E-state index contributed by atoms with van der Waals surface area (Å²) >= 11 is 0. The van der Waals surface area contributed by atoms with Crippen molar-refractivity contribution in [3.8, 4) is 11.4 Å². The van der Waals surface area contributed by atoms with Gasteiger partial charge in [0.1, 0.15) is 5.75 Å². The number of aryl methyl sites for hydroxylation is 3. The van der Waals surface area contributed by atoms with Crippen molar-refractivity contribution in [2.75, 3.05) is 0 Å². The molecule has 0 atom stereocenters. The highest BCUT2D eigenvalue weighted by atomic mass is 16.3. The van der Waals surface area contributed by atoms with Crippen molar-refractivity contribution in [3.63, 3.8) is 0 Å². The summed E-state index contributed by atoms with van der Waals surface area (Å²) in [4.78, 5) is 24.7. The van der Waals surface area contributed by atoms with E-state index in [1.165, 1.54) is 23.0 Å². The molecule has 7 heteroatoms. The van der Waals surface area contributed by atoms with Crippen LogP contribution in [0.5, 0.6) is 5.75 Å². The Balaban J connectivity index is 1.84. The number of amides is 1. The minimum absolute atomic E-state index is 0.105. The van der Waals surface area contributed by atoms with Gasteiger partial charge in [-0.15, -0.1) is 0 Å². The first kappa shape index (κ1) is 18.2. The lowest BCUT2D eigenvalue weighted by Crippen LogP contribution is -2.20. The number of aromatic amines is 1. The fraction of sp³-hybridized carbons (Fsp3) is 0.150. The van der Waals surface area contributed by atoms with Crippen LogP contribution in [0, 0.1) is 20.8 Å². The topological polar surface area (TPSA) is 99.5 Å². The van der Waals surface area contributed by atoms with Crippen molar-refractivity contribution in [1.29, 1.82) is 0 Å². The lowest BCUT2D eigenvalue weighted by molar-refractivity contribution is 0.0952. The fourth-order valence-corrected chi connectivity index (χ4v) is 2.64. The van der Waals surface area contributed by atoms with Crippen molar-refractivity contribution < 1.29 is 9.90 Å². The van der Waals surface area contributed by atoms with Crippen molar-refractivity contribution in [2.45, 2.75) is 20.8 Å². The number of H-pyrrole nitrogens is 1. The zero-order valence-electron chi connectivity index (χ0n) is 15.3. The van der Waals surface area contributed by atoms with E-state index < -0.39 is 5.91 Å². The van der Waals surface area contributed by atoms with E-state index in [2.05, 4.69) is 15.6 Å². The van der Waals surface area contributed by atoms with Gasteiger partial charge in [-0.1, -0.05) is 18.2 Å². The van der Waals surface area contributed by atoms with Gasteiger partial charge in [0.05, 0.1) is 23.0 Å². The summed E-state index contributed by atoms with van der Waals surface area (Å²) in [6, 6.07) is 11.9. The smallest absolute Gasteiger partial charge is 0.280 e. The van der Waals surface area contributed by atoms with Gasteiger partial charge >= 0.3 is 0 Å². The number of hydrazone groups is 1. The summed E-state index contributed by atoms with van der Waals surface area (Å²) in [5, 5.41) is 16.6. The Morgan fingerprint density at radius 3 is 2.59 bits per heavy atom. The molecule has 0 aliphatic carbocycles. The van der Waals surface area contributed by atoms with Crippen LogP contribution >= 0.6 is 0 Å². The predicted molar refractivity (Wildman–Crippen MR) is 104 cm³/mol. The summed E-state index contributed by atoms with van der Waals surface area (Å²) in [5.41, 5.74) is 6.07. The highest BCUT2D eigenvalue weighted by Crippen LogP contribution is 2.15. The summed E-state index contributed by atoms with van der Waals surface area (Å²) in [5.74, 6) is -0.702. The Bertz CT molecular complexity index is 1090. The zero-order chi connectivity index (χ0) is 19.6. The average Bonchev–Trinajstić information content (AvgIpc) is 2.92. The highest BCUT2D eigenvalue weighted by Gasteiger charge is 2.12. The molecule has 3 aromatic rings. The maximum Gasteiger partial charge on any atom is 0.280 e. The summed E-state index contributed by atoms with van der Waals surface area (Å²) in [6.45, 7) is 5.74. The molecule has 0 aliphatic rings. The predicted octanol–water partition coefficient (Wildman–Crippen LogP) is 2.56. The van der Waals surface area contributed by atoms with Gasteiger partial charge in [0.2, 0.25) is 0 Å². The largest absolute Gasteiger partial charge is 0.507 e. The normalized spacial score (nSPS) is 11.1. The molecule has 27 heavy (non-hydrogen) atoms. The second-order valence-corrected chi connectivity index (χ2v) is 6.28. The summed E-state index contributed by atoms with van der Waals surface area (Å²) in [6.07, 6.45) is 1.30. The molecule has 7 nitrogen and oxygen atoms in total. The number of para-hydroxylation sites is 1. The Morgan fingerprint density at radius 1 is 1.15 bits per heavy atom. The Kier molecular flexibility index (Phi) is 4.94. The van der Waals surface area contributed by atoms with Gasteiger partial charge in [0.25, 0.3) is 11.5 Å². The number of aromatic nitrogens is 2. The number of benzene rings is 2. The first-order chi connectivity index (χ1) is 12.9. The third-order valence-electron chi connectivity index (χ3n) is 4.37. The maximum absolute atomic E-state index is 12.7. The number of carbonyl (C=O) groups excluding carboxylic acids is 1. The first-order valence-corrected chi connectivity index (χ1v) is 8.39. The van der Waals surface area contributed by atoms with Crippen molar-refractivity contribution in [3.05, 3.63) is 80.8 Å². The Hall–Kier alpha value is -3.61. The SMILES string of the molecule is Cc1ccc(-n2[nH]c(C)c(C=NNC(=O)c3ccccc3O)c2=O)cc1C. The molecule has 1 aromatic heterocycles. The molecule has 1 heterocycles. The molecule has 0 saturated carbocycles. The first-order valence-electron chi connectivity index (χ1n) is 8.39. The van der Waals surface area contributed by atoms with E-state index in [-0.39, 0.29) is 16.9 Å². The Labute approximate surface area is 156 Å². The van der Waals surface area contributed by atoms with E-state index in [1.807, 2.05) is 32.0 Å². The molecule has 3 rings (SSSR count). The van der Waals surface area contributed by atoms with Gasteiger partial charge in [-0.25, -0.2) is 10.1 Å². The molecule has 0 saturated heterocycles. The van der Waals surface area contributed by atoms with Crippen LogP contribution in [-0.2, 0) is 0 Å². The monoisotopic (exact) mass is 364 g/mol. The molecule has 0 aliphatic heterocycles. The Morgan fingerprint density at radius 2 is 1.89 bits per heavy atom. The summed E-state index contributed by atoms with van der Waals surface area (Å²) in [7, 11) is 0. The third kappa shape index (κ3) is 3.67. The number of aromatic hydroxyl groups is 1. The second kappa shape index (κ2) is 7.33. The van der Waals surface area contributed by atoms with Crippen molar-refractivity contribution in [2.24, 2.45) is 5.10 Å². The van der Waals surface area contributed by atoms with Crippen molar-refractivity contribution in [1.82, 2.24) is 15.2 Å². The van der Waals surface area contributed by atoms with Gasteiger partial charge < -0.3 is 5.11 Å². The molecule has 1 amide bonds. The lowest BCUT2D eigenvalue weighted by atomic mass is 10.1. The van der Waals surface area contributed by atoms with Gasteiger partial charge in [-0.2, -0.15) is 5.10 Å². The minimum atomic E-state index is -0.563. The number of rotatable bonds is 4. The molecule has 0 radical (unpaired) electrons. The molecule has 0 spiro atoms. The molecule has 0 bridgehead atoms. The highest BCUT2D eigenvalue weighted by molar-refractivity contribution is 5.97. The number of nitrogens with zero attached hydrogens (tertiary/aromatic N) is 2. The van der Waals surface area contributed by atoms with Crippen LogP contribution in [0.25, 0.3) is 5.69 Å². The number of phenolic OH excluding ortho intramolecular Hbond substituents is 1. The number of hydrogen-bond donors (Lipinski definition) is 3. The average molecular weight is 364 g/mol. The number of phenols is 1. The van der Waals surface area contributed by atoms with Crippen LogP contribution < -0.4 is 11.0 Å². The molecule has 3 N–H and O–H groups in total. The molecule has 2 aromatic carbocycles. The van der Waals surface area contributed by atoms with Crippen LogP contribution in [0.15, 0.2) is 52.4 Å². The van der Waals surface area contributed by atoms with Gasteiger partial charge in [-0.05, 0) is 56.2 Å². The minimum Gasteiger partial charge on any atom is -0.507 e. The van der Waals surface area contributed by atoms with Gasteiger partial charge in [0.15, 0.2) is 0 Å². The van der Waals surface area contributed by atoms with E-state index in [1.54, 1.807) is 19.1 Å². The number of carbonyl (C=O) groups is 1. The molecular weight excluding hydrogens is 344 g/mol.